The van der Waals surface area contributed by atoms with Gasteiger partial charge >= 0.3 is 23.9 Å². The maximum Gasteiger partial charge on any atom is 0.346 e. The first-order chi connectivity index (χ1) is 17.4. The van der Waals surface area contributed by atoms with Crippen LogP contribution >= 0.6 is 0 Å². The van der Waals surface area contributed by atoms with Crippen LogP contribution in [0.2, 0.25) is 0 Å². The van der Waals surface area contributed by atoms with Gasteiger partial charge in [-0.25, -0.2) is 23.6 Å². The Balaban J connectivity index is 1.60. The second kappa shape index (κ2) is 6.01. The normalized spacial score (nSPS) is 16.8. The molecule has 4 aliphatic rings. The van der Waals surface area contributed by atoms with E-state index < -0.39 is 35.1 Å². The Morgan fingerprint density at radius 2 is 0.944 bits per heavy atom. The Labute approximate surface area is 201 Å². The fraction of sp³-hybridized carbons (Fsp3) is 0.0345. The summed E-state index contributed by atoms with van der Waals surface area (Å²) in [6, 6.07) is 18.6. The van der Waals surface area contributed by atoms with Crippen LogP contribution in [0, 0.1) is 5.82 Å². The maximum atomic E-state index is 14.8. The van der Waals surface area contributed by atoms with E-state index in [-0.39, 0.29) is 22.3 Å². The van der Waals surface area contributed by atoms with Crippen molar-refractivity contribution in [3.05, 3.63) is 117 Å². The quantitative estimate of drug-likeness (QED) is 0.232. The largest absolute Gasteiger partial charge is 0.386 e. The molecule has 7 heteroatoms. The zero-order valence-electron chi connectivity index (χ0n) is 18.2. The van der Waals surface area contributed by atoms with E-state index in [0.717, 1.165) is 16.7 Å². The third-order valence-electron chi connectivity index (χ3n) is 7.67. The highest BCUT2D eigenvalue weighted by Gasteiger charge is 2.54. The molecule has 0 amide bonds. The van der Waals surface area contributed by atoms with Crippen molar-refractivity contribution >= 4 is 23.9 Å². The van der Waals surface area contributed by atoms with E-state index in [4.69, 9.17) is 9.47 Å². The lowest BCUT2D eigenvalue weighted by Crippen LogP contribution is -2.26. The summed E-state index contributed by atoms with van der Waals surface area (Å²) in [6.45, 7) is 0. The van der Waals surface area contributed by atoms with Crippen molar-refractivity contribution < 1.29 is 33.0 Å². The van der Waals surface area contributed by atoms with Gasteiger partial charge in [0.15, 0.2) is 0 Å². The molecule has 0 fully saturated rings. The van der Waals surface area contributed by atoms with Gasteiger partial charge in [-0.1, -0.05) is 30.3 Å². The summed E-state index contributed by atoms with van der Waals surface area (Å²) >= 11 is 0. The number of cyclic esters (lactones) is 4. The molecule has 4 aromatic carbocycles. The molecule has 2 aliphatic heterocycles. The Hall–Kier alpha value is -4.91. The van der Waals surface area contributed by atoms with Crippen molar-refractivity contribution in [2.75, 3.05) is 0 Å². The van der Waals surface area contributed by atoms with Crippen LogP contribution < -0.4 is 0 Å². The Bertz CT molecular complexity index is 1750. The van der Waals surface area contributed by atoms with Crippen molar-refractivity contribution in [3.63, 3.8) is 0 Å². The number of rotatable bonds is 0. The molecule has 0 saturated carbocycles. The zero-order valence-corrected chi connectivity index (χ0v) is 18.2. The van der Waals surface area contributed by atoms with Crippen LogP contribution in [0.25, 0.3) is 22.3 Å². The molecular weight excluding hydrogens is 463 g/mol. The molecule has 0 N–H and O–H groups in total. The molecule has 0 bridgehead atoms. The van der Waals surface area contributed by atoms with Gasteiger partial charge in [-0.3, -0.25) is 0 Å². The summed E-state index contributed by atoms with van der Waals surface area (Å²) in [4.78, 5) is 49.9. The lowest BCUT2D eigenvalue weighted by atomic mass is 9.70. The van der Waals surface area contributed by atoms with Crippen LogP contribution in [-0.2, 0) is 14.9 Å². The fourth-order valence-electron chi connectivity index (χ4n) is 6.31. The lowest BCUT2D eigenvalue weighted by Gasteiger charge is -2.30. The highest BCUT2D eigenvalue weighted by atomic mass is 19.1. The van der Waals surface area contributed by atoms with E-state index >= 15 is 0 Å². The topological polar surface area (TPSA) is 86.7 Å². The summed E-state index contributed by atoms with van der Waals surface area (Å²) < 4.78 is 24.5. The second-order valence-corrected chi connectivity index (χ2v) is 9.23. The standard InChI is InChI=1S/C29H11FO6/c30-12-5-6-14-13-3-1-2-4-21(13)29(22(14)7-12)23-10-19-17(25(31)35-27(19)33)8-15(23)16-9-18-20(11-24(16)29)28(34)36-26(18)32/h1-11H. The van der Waals surface area contributed by atoms with Crippen LogP contribution in [0.15, 0.2) is 66.7 Å². The Kier molecular flexibility index (Phi) is 3.24. The smallest absolute Gasteiger partial charge is 0.346 e. The molecule has 1 spiro atoms. The van der Waals surface area contributed by atoms with Gasteiger partial charge in [0.05, 0.1) is 27.7 Å². The van der Waals surface area contributed by atoms with Crippen LogP contribution in [0.3, 0.4) is 0 Å². The predicted octanol–water partition coefficient (Wildman–Crippen LogP) is 4.79. The van der Waals surface area contributed by atoms with E-state index in [0.29, 0.717) is 27.8 Å². The first-order valence-electron chi connectivity index (χ1n) is 11.2. The monoisotopic (exact) mass is 474 g/mol. The van der Waals surface area contributed by atoms with Crippen LogP contribution in [0.5, 0.6) is 0 Å². The molecule has 6 nitrogen and oxygen atoms in total. The van der Waals surface area contributed by atoms with Crippen molar-refractivity contribution in [2.45, 2.75) is 5.41 Å². The Morgan fingerprint density at radius 1 is 0.472 bits per heavy atom. The minimum Gasteiger partial charge on any atom is -0.386 e. The van der Waals surface area contributed by atoms with E-state index in [2.05, 4.69) is 0 Å². The molecule has 0 radical (unpaired) electrons. The van der Waals surface area contributed by atoms with Gasteiger partial charge in [-0.05, 0) is 80.9 Å². The summed E-state index contributed by atoms with van der Waals surface area (Å²) in [5, 5.41) is 0. The van der Waals surface area contributed by atoms with Gasteiger partial charge in [0.2, 0.25) is 0 Å². The van der Waals surface area contributed by atoms with Crippen LogP contribution in [-0.4, -0.2) is 23.9 Å². The highest BCUT2D eigenvalue weighted by Crippen LogP contribution is 2.63. The van der Waals surface area contributed by atoms with Gasteiger partial charge in [0.1, 0.15) is 5.82 Å². The molecule has 8 rings (SSSR count). The average molecular weight is 474 g/mol. The summed E-state index contributed by atoms with van der Waals surface area (Å²) in [5.74, 6) is -3.46. The van der Waals surface area contributed by atoms with Gasteiger partial charge in [0.25, 0.3) is 0 Å². The van der Waals surface area contributed by atoms with Gasteiger partial charge in [-0.15, -0.1) is 0 Å². The number of carbonyl (C=O) groups excluding carboxylic acids is 4. The summed E-state index contributed by atoms with van der Waals surface area (Å²) in [6.07, 6.45) is 0. The number of fused-ring (bicyclic) bond motifs is 12. The number of esters is 4. The molecule has 2 aliphatic carbocycles. The molecule has 0 unspecified atom stereocenters. The van der Waals surface area contributed by atoms with Crippen LogP contribution in [0.1, 0.15) is 63.7 Å². The summed E-state index contributed by atoms with van der Waals surface area (Å²) in [7, 11) is 0. The maximum absolute atomic E-state index is 14.8. The van der Waals surface area contributed by atoms with Crippen molar-refractivity contribution in [3.8, 4) is 22.3 Å². The number of hydrogen-bond acceptors (Lipinski definition) is 6. The first-order valence-corrected chi connectivity index (χ1v) is 11.2. The molecule has 0 aromatic heterocycles. The third-order valence-corrected chi connectivity index (χ3v) is 7.67. The Morgan fingerprint density at radius 3 is 1.53 bits per heavy atom. The number of benzene rings is 4. The minimum atomic E-state index is -1.10. The molecule has 36 heavy (non-hydrogen) atoms. The zero-order chi connectivity index (χ0) is 24.5. The van der Waals surface area contributed by atoms with Gasteiger partial charge < -0.3 is 9.47 Å². The van der Waals surface area contributed by atoms with E-state index in [9.17, 15) is 23.6 Å². The first kappa shape index (κ1) is 19.4. The van der Waals surface area contributed by atoms with Crippen molar-refractivity contribution in [1.29, 1.82) is 0 Å². The molecule has 0 atom stereocenters. The average Bonchev–Trinajstić information content (AvgIpc) is 3.52. The van der Waals surface area contributed by atoms with Gasteiger partial charge in [-0.2, -0.15) is 0 Å². The molecule has 0 saturated heterocycles. The number of hydrogen-bond donors (Lipinski definition) is 0. The summed E-state index contributed by atoms with van der Waals surface area (Å²) in [5.41, 5.74) is 5.02. The number of ether oxygens (including phenoxy) is 2. The van der Waals surface area contributed by atoms with Gasteiger partial charge in [0, 0.05) is 0 Å². The number of halogens is 1. The predicted molar refractivity (Wildman–Crippen MR) is 122 cm³/mol. The van der Waals surface area contributed by atoms with Crippen LogP contribution in [0.4, 0.5) is 4.39 Å². The number of carbonyl (C=O) groups is 4. The third kappa shape index (κ3) is 2.00. The lowest BCUT2D eigenvalue weighted by molar-refractivity contribution is 0.0425. The van der Waals surface area contributed by atoms with Crippen molar-refractivity contribution in [2.24, 2.45) is 0 Å². The molecule has 4 aromatic rings. The van der Waals surface area contributed by atoms with Crippen molar-refractivity contribution in [1.82, 2.24) is 0 Å². The molecular formula is C29H11FO6. The SMILES string of the molecule is O=C1OC(=O)c2cc3c(cc21)-c1cc2c(cc1C31c3ccccc3-c3ccc(F)cc31)C(=O)OC2=O. The minimum absolute atomic E-state index is 0.117. The molecule has 170 valence electrons. The molecule has 2 heterocycles. The highest BCUT2D eigenvalue weighted by molar-refractivity contribution is 6.18. The fourth-order valence-corrected chi connectivity index (χ4v) is 6.31. The second-order valence-electron chi connectivity index (χ2n) is 9.23. The van der Waals surface area contributed by atoms with E-state index in [1.54, 1.807) is 30.3 Å². The van der Waals surface area contributed by atoms with E-state index in [1.807, 2.05) is 24.3 Å². The van der Waals surface area contributed by atoms with E-state index in [1.165, 1.54) is 12.1 Å².